The molecule has 35 heavy (non-hydrogen) atoms. The number of carbonyl (C=O) groups is 2. The molecule has 1 atom stereocenters. The highest BCUT2D eigenvalue weighted by Crippen LogP contribution is 2.39. The standard InChI is InChI=1S/C25H33ClN2O6S/c1-5-9-10-21(24(29)31-7-3)35-23-22(25(30)32-8-4)18(28(27-23)11-6-2)12-16-13-19-20(14-17(16)26)34-15-33-19/h13-14,21H,5-12,15H2,1-4H3. The van der Waals surface area contributed by atoms with Crippen LogP contribution in [0.5, 0.6) is 11.5 Å². The van der Waals surface area contributed by atoms with Crippen LogP contribution in [0.1, 0.15) is 75.0 Å². The van der Waals surface area contributed by atoms with Crippen molar-refractivity contribution in [3.05, 3.63) is 34.0 Å². The van der Waals surface area contributed by atoms with Gasteiger partial charge in [0.15, 0.2) is 11.5 Å². The second-order valence-electron chi connectivity index (χ2n) is 8.04. The van der Waals surface area contributed by atoms with Crippen LogP contribution in [0.2, 0.25) is 5.02 Å². The Morgan fingerprint density at radius 3 is 2.49 bits per heavy atom. The maximum atomic E-state index is 13.2. The quantitative estimate of drug-likeness (QED) is 0.245. The molecule has 10 heteroatoms. The zero-order valence-electron chi connectivity index (χ0n) is 20.7. The van der Waals surface area contributed by atoms with E-state index in [0.29, 0.717) is 58.8 Å². The number of aromatic nitrogens is 2. The number of esters is 2. The summed E-state index contributed by atoms with van der Waals surface area (Å²) in [6, 6.07) is 3.55. The Labute approximate surface area is 215 Å². The van der Waals surface area contributed by atoms with Crippen LogP contribution in [0.3, 0.4) is 0 Å². The minimum Gasteiger partial charge on any atom is -0.465 e. The van der Waals surface area contributed by atoms with Crippen molar-refractivity contribution in [1.82, 2.24) is 9.78 Å². The van der Waals surface area contributed by atoms with Crippen LogP contribution in [0.4, 0.5) is 0 Å². The minimum atomic E-state index is -0.470. The van der Waals surface area contributed by atoms with Gasteiger partial charge in [0.2, 0.25) is 6.79 Å². The van der Waals surface area contributed by atoms with Crippen LogP contribution in [-0.2, 0) is 27.2 Å². The zero-order chi connectivity index (χ0) is 25.4. The summed E-state index contributed by atoms with van der Waals surface area (Å²) in [6.45, 7) is 8.92. The van der Waals surface area contributed by atoms with E-state index in [1.165, 1.54) is 11.8 Å². The molecule has 192 valence electrons. The molecule has 0 saturated heterocycles. The zero-order valence-corrected chi connectivity index (χ0v) is 22.3. The number of ether oxygens (including phenoxy) is 4. The third kappa shape index (κ3) is 6.64. The maximum absolute atomic E-state index is 13.2. The minimum absolute atomic E-state index is 0.144. The molecule has 1 unspecified atom stereocenters. The molecule has 0 amide bonds. The largest absolute Gasteiger partial charge is 0.465 e. The lowest BCUT2D eigenvalue weighted by Gasteiger charge is -2.14. The van der Waals surface area contributed by atoms with Crippen LogP contribution in [0, 0.1) is 0 Å². The van der Waals surface area contributed by atoms with E-state index in [-0.39, 0.29) is 19.4 Å². The van der Waals surface area contributed by atoms with E-state index in [2.05, 4.69) is 6.92 Å². The van der Waals surface area contributed by atoms with Crippen molar-refractivity contribution < 1.29 is 28.5 Å². The number of aryl methyl sites for hydroxylation is 1. The fourth-order valence-corrected chi connectivity index (χ4v) is 5.20. The molecule has 1 aliphatic heterocycles. The Bertz CT molecular complexity index is 1040. The van der Waals surface area contributed by atoms with Crippen molar-refractivity contribution in [2.45, 2.75) is 76.6 Å². The van der Waals surface area contributed by atoms with Gasteiger partial charge in [-0.25, -0.2) is 4.79 Å². The molecule has 0 spiro atoms. The molecule has 1 aliphatic rings. The Morgan fingerprint density at radius 2 is 1.83 bits per heavy atom. The second-order valence-corrected chi connectivity index (χ2v) is 9.64. The Balaban J connectivity index is 2.05. The van der Waals surface area contributed by atoms with Gasteiger partial charge in [-0.3, -0.25) is 9.48 Å². The van der Waals surface area contributed by atoms with Crippen LogP contribution in [-0.4, -0.2) is 47.0 Å². The molecule has 0 bridgehead atoms. The predicted molar refractivity (Wildman–Crippen MR) is 135 cm³/mol. The van der Waals surface area contributed by atoms with Crippen molar-refractivity contribution >= 4 is 35.3 Å². The molecule has 3 rings (SSSR count). The monoisotopic (exact) mass is 524 g/mol. The summed E-state index contributed by atoms with van der Waals surface area (Å²) in [6.07, 6.45) is 3.59. The van der Waals surface area contributed by atoms with Crippen molar-refractivity contribution in [3.8, 4) is 11.5 Å². The van der Waals surface area contributed by atoms with Gasteiger partial charge < -0.3 is 18.9 Å². The lowest BCUT2D eigenvalue weighted by atomic mass is 10.1. The first-order chi connectivity index (χ1) is 16.9. The molecule has 2 heterocycles. The molecule has 2 aromatic rings. The molecule has 0 saturated carbocycles. The van der Waals surface area contributed by atoms with Crippen LogP contribution >= 0.6 is 23.4 Å². The summed E-state index contributed by atoms with van der Waals surface area (Å²) < 4.78 is 23.5. The number of thioether (sulfide) groups is 1. The first-order valence-electron chi connectivity index (χ1n) is 12.1. The predicted octanol–water partition coefficient (Wildman–Crippen LogP) is 5.66. The summed E-state index contributed by atoms with van der Waals surface area (Å²) in [5, 5.41) is 5.28. The second kappa shape index (κ2) is 13.1. The first kappa shape index (κ1) is 27.2. The van der Waals surface area contributed by atoms with E-state index >= 15 is 0 Å². The smallest absolute Gasteiger partial charge is 0.342 e. The molecule has 0 fully saturated rings. The summed E-state index contributed by atoms with van der Waals surface area (Å²) in [5.41, 5.74) is 1.83. The number of unbranched alkanes of at least 4 members (excludes halogenated alkanes) is 1. The van der Waals surface area contributed by atoms with E-state index in [1.807, 2.05) is 17.7 Å². The van der Waals surface area contributed by atoms with E-state index in [4.69, 9.17) is 35.6 Å². The summed E-state index contributed by atoms with van der Waals surface area (Å²) in [7, 11) is 0. The highest BCUT2D eigenvalue weighted by atomic mass is 35.5. The van der Waals surface area contributed by atoms with Gasteiger partial charge in [-0.2, -0.15) is 5.10 Å². The molecule has 0 aliphatic carbocycles. The highest BCUT2D eigenvalue weighted by Gasteiger charge is 2.31. The number of halogens is 1. The average molecular weight is 525 g/mol. The van der Waals surface area contributed by atoms with E-state index < -0.39 is 11.2 Å². The SMILES string of the molecule is CCCCC(Sc1nn(CCC)c(Cc2cc3c(cc2Cl)OCO3)c1C(=O)OCC)C(=O)OCC. The van der Waals surface area contributed by atoms with Crippen LogP contribution < -0.4 is 9.47 Å². The fraction of sp³-hybridized carbons (Fsp3) is 0.560. The highest BCUT2D eigenvalue weighted by molar-refractivity contribution is 8.00. The fourth-order valence-electron chi connectivity index (χ4n) is 3.80. The number of fused-ring (bicyclic) bond motifs is 1. The molecular weight excluding hydrogens is 492 g/mol. The van der Waals surface area contributed by atoms with Gasteiger partial charge in [-0.15, -0.1) is 0 Å². The number of nitrogens with zero attached hydrogens (tertiary/aromatic N) is 2. The van der Waals surface area contributed by atoms with Crippen molar-refractivity contribution in [3.63, 3.8) is 0 Å². The summed E-state index contributed by atoms with van der Waals surface area (Å²) in [4.78, 5) is 25.9. The van der Waals surface area contributed by atoms with Crippen molar-refractivity contribution in [2.24, 2.45) is 0 Å². The van der Waals surface area contributed by atoms with Gasteiger partial charge in [0, 0.05) is 24.1 Å². The average Bonchev–Trinajstić information content (AvgIpc) is 3.41. The first-order valence-corrected chi connectivity index (χ1v) is 13.4. The van der Waals surface area contributed by atoms with E-state index in [1.54, 1.807) is 19.9 Å². The number of carbonyl (C=O) groups excluding carboxylic acids is 2. The van der Waals surface area contributed by atoms with Gasteiger partial charge in [0.25, 0.3) is 0 Å². The van der Waals surface area contributed by atoms with Crippen molar-refractivity contribution in [1.29, 1.82) is 0 Å². The van der Waals surface area contributed by atoms with E-state index in [9.17, 15) is 9.59 Å². The number of benzene rings is 1. The number of hydrogen-bond acceptors (Lipinski definition) is 8. The number of hydrogen-bond donors (Lipinski definition) is 0. The normalized spacial score (nSPS) is 13.1. The van der Waals surface area contributed by atoms with Crippen molar-refractivity contribution in [2.75, 3.05) is 20.0 Å². The molecular formula is C25H33ClN2O6S. The lowest BCUT2D eigenvalue weighted by Crippen LogP contribution is -2.21. The summed E-state index contributed by atoms with van der Waals surface area (Å²) >= 11 is 7.83. The van der Waals surface area contributed by atoms with Gasteiger partial charge >= 0.3 is 11.9 Å². The third-order valence-corrected chi connectivity index (χ3v) is 7.04. The molecule has 8 nitrogen and oxygen atoms in total. The van der Waals surface area contributed by atoms with E-state index in [0.717, 1.165) is 24.8 Å². The molecule has 1 aromatic carbocycles. The van der Waals surface area contributed by atoms with Gasteiger partial charge in [0.05, 0.1) is 18.9 Å². The molecule has 0 N–H and O–H groups in total. The molecule has 0 radical (unpaired) electrons. The lowest BCUT2D eigenvalue weighted by molar-refractivity contribution is -0.142. The Morgan fingerprint density at radius 1 is 1.11 bits per heavy atom. The number of rotatable bonds is 13. The van der Waals surface area contributed by atoms with Gasteiger partial charge in [-0.05, 0) is 38.3 Å². The topological polar surface area (TPSA) is 88.9 Å². The maximum Gasteiger partial charge on any atom is 0.342 e. The summed E-state index contributed by atoms with van der Waals surface area (Å²) in [5.74, 6) is 0.435. The van der Waals surface area contributed by atoms with Gasteiger partial charge in [0.1, 0.15) is 15.8 Å². The van der Waals surface area contributed by atoms with Crippen LogP contribution in [0.25, 0.3) is 0 Å². The molecule has 1 aromatic heterocycles. The van der Waals surface area contributed by atoms with Gasteiger partial charge in [-0.1, -0.05) is 50.1 Å². The Hall–Kier alpha value is -2.39. The third-order valence-electron chi connectivity index (χ3n) is 5.46. The Kier molecular flexibility index (Phi) is 10.2. The van der Waals surface area contributed by atoms with Crippen LogP contribution in [0.15, 0.2) is 17.2 Å².